The summed E-state index contributed by atoms with van der Waals surface area (Å²) in [5.41, 5.74) is 1.57. The molecule has 0 unspecified atom stereocenters. The summed E-state index contributed by atoms with van der Waals surface area (Å²) in [5, 5.41) is 10.0. The Labute approximate surface area is 135 Å². The van der Waals surface area contributed by atoms with Crippen molar-refractivity contribution in [1.82, 2.24) is 9.62 Å². The maximum absolute atomic E-state index is 12.8. The van der Waals surface area contributed by atoms with Gasteiger partial charge < -0.3 is 14.4 Å². The van der Waals surface area contributed by atoms with E-state index in [4.69, 9.17) is 4.42 Å². The topological polar surface area (TPSA) is 99.8 Å². The molecule has 128 valence electrons. The highest BCUT2D eigenvalue weighted by molar-refractivity contribution is 7.88. The fourth-order valence-electron chi connectivity index (χ4n) is 3.48. The van der Waals surface area contributed by atoms with E-state index in [2.05, 4.69) is 4.72 Å². The SMILES string of the molecule is Cc1oc2c(c1C(=O)N1C[C@@H](O)[C@H](NS(C)(=O)=O)C1)CCCC2. The lowest BCUT2D eigenvalue weighted by atomic mass is 9.94. The van der Waals surface area contributed by atoms with Crippen LogP contribution >= 0.6 is 0 Å². The van der Waals surface area contributed by atoms with Gasteiger partial charge in [-0.1, -0.05) is 0 Å². The second-order valence-corrected chi connectivity index (χ2v) is 8.20. The van der Waals surface area contributed by atoms with Gasteiger partial charge in [0.25, 0.3) is 5.91 Å². The molecule has 2 aliphatic rings. The molecule has 1 amide bonds. The summed E-state index contributed by atoms with van der Waals surface area (Å²) in [6.07, 6.45) is 3.92. The first kappa shape index (κ1) is 16.5. The molecule has 1 aromatic heterocycles. The van der Waals surface area contributed by atoms with E-state index in [-0.39, 0.29) is 19.0 Å². The third kappa shape index (κ3) is 3.29. The van der Waals surface area contributed by atoms with Crippen molar-refractivity contribution in [2.24, 2.45) is 0 Å². The van der Waals surface area contributed by atoms with Crippen molar-refractivity contribution in [3.63, 3.8) is 0 Å². The Kier molecular flexibility index (Phi) is 4.24. The molecule has 1 fully saturated rings. The van der Waals surface area contributed by atoms with Gasteiger partial charge in [0.15, 0.2) is 0 Å². The second kappa shape index (κ2) is 5.92. The van der Waals surface area contributed by atoms with Crippen LogP contribution < -0.4 is 4.72 Å². The molecule has 1 aliphatic carbocycles. The maximum Gasteiger partial charge on any atom is 0.257 e. The Balaban J connectivity index is 1.81. The molecule has 23 heavy (non-hydrogen) atoms. The highest BCUT2D eigenvalue weighted by atomic mass is 32.2. The van der Waals surface area contributed by atoms with Crippen molar-refractivity contribution in [3.8, 4) is 0 Å². The number of rotatable bonds is 3. The fourth-order valence-corrected chi connectivity index (χ4v) is 4.27. The highest BCUT2D eigenvalue weighted by Gasteiger charge is 2.38. The number of aryl methyl sites for hydroxylation is 2. The Bertz CT molecular complexity index is 724. The minimum atomic E-state index is -3.43. The molecule has 0 saturated carbocycles. The summed E-state index contributed by atoms with van der Waals surface area (Å²) in [5.74, 6) is 1.31. The lowest BCUT2D eigenvalue weighted by molar-refractivity contribution is 0.0762. The summed E-state index contributed by atoms with van der Waals surface area (Å²) in [6.45, 7) is 2.06. The minimum Gasteiger partial charge on any atom is -0.465 e. The number of fused-ring (bicyclic) bond motifs is 1. The zero-order valence-electron chi connectivity index (χ0n) is 13.3. The maximum atomic E-state index is 12.8. The van der Waals surface area contributed by atoms with Crippen molar-refractivity contribution in [2.75, 3.05) is 19.3 Å². The van der Waals surface area contributed by atoms with Crippen LogP contribution in [0.5, 0.6) is 0 Å². The van der Waals surface area contributed by atoms with E-state index >= 15 is 0 Å². The van der Waals surface area contributed by atoms with Crippen LogP contribution in [0.3, 0.4) is 0 Å². The van der Waals surface area contributed by atoms with Crippen molar-refractivity contribution in [3.05, 3.63) is 22.6 Å². The molecule has 0 aromatic carbocycles. The summed E-state index contributed by atoms with van der Waals surface area (Å²) in [4.78, 5) is 14.3. The molecule has 2 atom stereocenters. The van der Waals surface area contributed by atoms with Gasteiger partial charge in [0.05, 0.1) is 24.0 Å². The van der Waals surface area contributed by atoms with Crippen molar-refractivity contribution < 1.29 is 22.7 Å². The van der Waals surface area contributed by atoms with E-state index in [1.807, 2.05) is 0 Å². The number of hydrogen-bond acceptors (Lipinski definition) is 5. The largest absolute Gasteiger partial charge is 0.465 e. The number of hydrogen-bond donors (Lipinski definition) is 2. The molecule has 1 aliphatic heterocycles. The number of furan rings is 1. The predicted octanol–water partition coefficient (Wildman–Crippen LogP) is 0.201. The van der Waals surface area contributed by atoms with Gasteiger partial charge in [0.2, 0.25) is 10.0 Å². The van der Waals surface area contributed by atoms with Crippen molar-refractivity contribution >= 4 is 15.9 Å². The summed E-state index contributed by atoms with van der Waals surface area (Å²) >= 11 is 0. The molecule has 1 aromatic rings. The lowest BCUT2D eigenvalue weighted by Gasteiger charge is -2.18. The van der Waals surface area contributed by atoms with Crippen molar-refractivity contribution in [2.45, 2.75) is 44.8 Å². The Morgan fingerprint density at radius 2 is 2.00 bits per heavy atom. The third-order valence-corrected chi connectivity index (χ3v) is 5.23. The third-order valence-electron chi connectivity index (χ3n) is 4.50. The normalized spacial score (nSPS) is 24.7. The van der Waals surface area contributed by atoms with Gasteiger partial charge >= 0.3 is 0 Å². The molecule has 0 radical (unpaired) electrons. The number of aliphatic hydroxyl groups is 1. The van der Waals surface area contributed by atoms with Crippen LogP contribution in [0.25, 0.3) is 0 Å². The second-order valence-electron chi connectivity index (χ2n) is 6.42. The van der Waals surface area contributed by atoms with Gasteiger partial charge in [-0.2, -0.15) is 0 Å². The molecular formula is C15H22N2O5S. The molecule has 7 nitrogen and oxygen atoms in total. The first-order valence-electron chi connectivity index (χ1n) is 7.82. The van der Waals surface area contributed by atoms with E-state index in [1.54, 1.807) is 6.92 Å². The Hall–Kier alpha value is -1.38. The standard InChI is InChI=1S/C15H22N2O5S/c1-9-14(10-5-3-4-6-13(10)22-9)15(19)17-7-11(12(18)8-17)16-23(2,20)21/h11-12,16,18H,3-8H2,1-2H3/t11-,12-/m1/s1. The number of nitrogens with zero attached hydrogens (tertiary/aromatic N) is 1. The molecule has 0 spiro atoms. The first-order chi connectivity index (χ1) is 10.8. The summed E-state index contributed by atoms with van der Waals surface area (Å²) in [6, 6.07) is -0.669. The minimum absolute atomic E-state index is 0.116. The number of β-amino-alcohol motifs (C(OH)–C–C–N with tert-alkyl or cyclic N) is 1. The molecular weight excluding hydrogens is 320 g/mol. The van der Waals surface area contributed by atoms with Crippen LogP contribution in [0.4, 0.5) is 0 Å². The zero-order chi connectivity index (χ0) is 16.8. The number of carbonyl (C=O) groups excluding carboxylic acids is 1. The van der Waals surface area contributed by atoms with Crippen LogP contribution in [0.2, 0.25) is 0 Å². The van der Waals surface area contributed by atoms with Crippen molar-refractivity contribution in [1.29, 1.82) is 0 Å². The highest BCUT2D eigenvalue weighted by Crippen LogP contribution is 2.31. The van der Waals surface area contributed by atoms with Gasteiger partial charge in [-0.15, -0.1) is 0 Å². The predicted molar refractivity (Wildman–Crippen MR) is 83.8 cm³/mol. The average Bonchev–Trinajstić information content (AvgIpc) is 2.96. The van der Waals surface area contributed by atoms with E-state index in [0.29, 0.717) is 11.3 Å². The number of carbonyl (C=O) groups is 1. The van der Waals surface area contributed by atoms with Crippen LogP contribution in [0, 0.1) is 6.92 Å². The quantitative estimate of drug-likeness (QED) is 0.817. The number of likely N-dealkylation sites (tertiary alicyclic amines) is 1. The van der Waals surface area contributed by atoms with Gasteiger partial charge in [0.1, 0.15) is 11.5 Å². The number of nitrogens with one attached hydrogen (secondary N) is 1. The summed E-state index contributed by atoms with van der Waals surface area (Å²) < 4.78 is 30.8. The van der Waals surface area contributed by atoms with Gasteiger partial charge in [-0.05, 0) is 26.2 Å². The molecule has 1 saturated heterocycles. The first-order valence-corrected chi connectivity index (χ1v) is 9.71. The van der Waals surface area contributed by atoms with Crippen LogP contribution in [0.1, 0.15) is 40.3 Å². The monoisotopic (exact) mass is 342 g/mol. The van der Waals surface area contributed by atoms with E-state index < -0.39 is 22.2 Å². The van der Waals surface area contributed by atoms with Crippen LogP contribution in [-0.4, -0.2) is 55.8 Å². The Morgan fingerprint density at radius 3 is 2.70 bits per heavy atom. The molecule has 2 heterocycles. The van der Waals surface area contributed by atoms with Gasteiger partial charge in [0, 0.05) is 25.1 Å². The van der Waals surface area contributed by atoms with Gasteiger partial charge in [-0.25, -0.2) is 13.1 Å². The molecule has 2 N–H and O–H groups in total. The van der Waals surface area contributed by atoms with E-state index in [9.17, 15) is 18.3 Å². The smallest absolute Gasteiger partial charge is 0.257 e. The molecule has 3 rings (SSSR count). The fraction of sp³-hybridized carbons (Fsp3) is 0.667. The molecule has 8 heteroatoms. The van der Waals surface area contributed by atoms with E-state index in [1.165, 1.54) is 4.90 Å². The lowest BCUT2D eigenvalue weighted by Crippen LogP contribution is -2.42. The van der Waals surface area contributed by atoms with E-state index in [0.717, 1.165) is 43.3 Å². The Morgan fingerprint density at radius 1 is 1.30 bits per heavy atom. The summed E-state index contributed by atoms with van der Waals surface area (Å²) in [7, 11) is -3.43. The number of aliphatic hydroxyl groups excluding tert-OH is 1. The van der Waals surface area contributed by atoms with Crippen LogP contribution in [0.15, 0.2) is 4.42 Å². The molecule has 0 bridgehead atoms. The number of amides is 1. The zero-order valence-corrected chi connectivity index (χ0v) is 14.1. The average molecular weight is 342 g/mol. The van der Waals surface area contributed by atoms with Crippen LogP contribution in [-0.2, 0) is 22.9 Å². The number of sulfonamides is 1. The van der Waals surface area contributed by atoms with Gasteiger partial charge in [-0.3, -0.25) is 4.79 Å².